The minimum atomic E-state index is -0.370. The number of allylic oxidation sites excluding steroid dienone is 1. The van der Waals surface area contributed by atoms with Crippen LogP contribution in [0.5, 0.6) is 0 Å². The molecule has 0 aromatic carbocycles. The molecule has 1 unspecified atom stereocenters. The van der Waals surface area contributed by atoms with Gasteiger partial charge in [-0.05, 0) is 79.1 Å². The molecule has 6 nitrogen and oxygen atoms in total. The molecule has 0 bridgehead atoms. The van der Waals surface area contributed by atoms with Crippen LogP contribution in [0.15, 0.2) is 22.0 Å². The van der Waals surface area contributed by atoms with Crippen molar-refractivity contribution in [1.29, 1.82) is 0 Å². The third-order valence-corrected chi connectivity index (χ3v) is 7.85. The van der Waals surface area contributed by atoms with Gasteiger partial charge in [0.05, 0.1) is 16.5 Å². The van der Waals surface area contributed by atoms with E-state index in [-0.39, 0.29) is 24.3 Å². The molecular weight excluding hydrogens is 408 g/mol. The summed E-state index contributed by atoms with van der Waals surface area (Å²) in [5.74, 6) is -0.657. The molecule has 0 radical (unpaired) electrons. The zero-order valence-electron chi connectivity index (χ0n) is 19.7. The Kier molecular flexibility index (Phi) is 7.70. The van der Waals surface area contributed by atoms with Crippen molar-refractivity contribution in [3.05, 3.63) is 28.2 Å². The number of nitrogens with zero attached hydrogens (tertiary/aromatic N) is 3. The number of carbonyl (C=O) groups is 2. The molecule has 0 spiro atoms. The average Bonchev–Trinajstić information content (AvgIpc) is 3.09. The standard InChI is InChI=1S/C24H36N4O2S/c1-7-28(19-10-8-18(9-11-19)27(5)6)24-17(4)21(14-31-24)22(29)25-13-20-15(2)12-16(3)26-23(20)30/h12,14,18-20H,7-11,13H2,1-6H3,(H,25,29). The minimum absolute atomic E-state index is 0.112. The second-order valence-corrected chi connectivity index (χ2v) is 9.89. The average molecular weight is 445 g/mol. The van der Waals surface area contributed by atoms with Gasteiger partial charge in [-0.1, -0.05) is 5.57 Å². The first kappa shape index (κ1) is 23.7. The Hall–Kier alpha value is -1.99. The molecule has 170 valence electrons. The number of carbonyl (C=O) groups excluding carboxylic acids is 2. The number of aliphatic imine (C=N–C) groups is 1. The molecule has 2 heterocycles. The molecule has 1 aromatic heterocycles. The van der Waals surface area contributed by atoms with Gasteiger partial charge in [-0.2, -0.15) is 0 Å². The Bertz CT molecular complexity index is 878. The monoisotopic (exact) mass is 444 g/mol. The number of amides is 2. The first-order valence-corrected chi connectivity index (χ1v) is 12.2. The number of hydrogen-bond donors (Lipinski definition) is 1. The van der Waals surface area contributed by atoms with Crippen molar-refractivity contribution in [2.45, 2.75) is 65.5 Å². The van der Waals surface area contributed by atoms with Crippen LogP contribution in [0.2, 0.25) is 0 Å². The first-order valence-electron chi connectivity index (χ1n) is 11.3. The van der Waals surface area contributed by atoms with Gasteiger partial charge >= 0.3 is 0 Å². The van der Waals surface area contributed by atoms with Crippen LogP contribution in [0.25, 0.3) is 0 Å². The van der Waals surface area contributed by atoms with Crippen molar-refractivity contribution in [3.8, 4) is 0 Å². The van der Waals surface area contributed by atoms with Crippen LogP contribution >= 0.6 is 11.3 Å². The fourth-order valence-electron chi connectivity index (χ4n) is 4.81. The van der Waals surface area contributed by atoms with Crippen molar-refractivity contribution in [2.24, 2.45) is 10.9 Å². The first-order chi connectivity index (χ1) is 14.7. The van der Waals surface area contributed by atoms with Gasteiger partial charge in [-0.3, -0.25) is 9.59 Å². The summed E-state index contributed by atoms with van der Waals surface area (Å²) in [6.45, 7) is 9.21. The molecule has 2 amide bonds. The van der Waals surface area contributed by atoms with E-state index in [0.29, 0.717) is 17.6 Å². The van der Waals surface area contributed by atoms with Gasteiger partial charge in [0, 0.05) is 36.3 Å². The van der Waals surface area contributed by atoms with E-state index >= 15 is 0 Å². The summed E-state index contributed by atoms with van der Waals surface area (Å²) in [5.41, 5.74) is 3.42. The van der Waals surface area contributed by atoms with Gasteiger partial charge in [0.2, 0.25) is 0 Å². The topological polar surface area (TPSA) is 65.0 Å². The maximum atomic E-state index is 12.9. The smallest absolute Gasteiger partial charge is 0.254 e. The maximum absolute atomic E-state index is 12.9. The molecule has 1 aliphatic carbocycles. The maximum Gasteiger partial charge on any atom is 0.254 e. The number of dihydropyridines is 1. The lowest BCUT2D eigenvalue weighted by Crippen LogP contribution is -2.42. The highest BCUT2D eigenvalue weighted by Gasteiger charge is 2.29. The van der Waals surface area contributed by atoms with Crippen molar-refractivity contribution in [1.82, 2.24) is 10.2 Å². The van der Waals surface area contributed by atoms with E-state index in [4.69, 9.17) is 0 Å². The molecule has 1 fully saturated rings. The number of anilines is 1. The Morgan fingerprint density at radius 2 is 1.81 bits per heavy atom. The Morgan fingerprint density at radius 3 is 2.39 bits per heavy atom. The number of hydrogen-bond acceptors (Lipinski definition) is 5. The third-order valence-electron chi connectivity index (χ3n) is 6.73. The largest absolute Gasteiger partial charge is 0.361 e. The SMILES string of the molecule is CCN(c1scc(C(=O)NCC2C(=O)N=C(C)C=C2C)c1C)C1CCC(N(C)C)CC1. The highest BCUT2D eigenvalue weighted by Crippen LogP contribution is 2.36. The zero-order valence-corrected chi connectivity index (χ0v) is 20.5. The van der Waals surface area contributed by atoms with E-state index in [2.05, 4.69) is 41.1 Å². The predicted octanol–water partition coefficient (Wildman–Crippen LogP) is 4.05. The molecule has 31 heavy (non-hydrogen) atoms. The Labute approximate surface area is 190 Å². The fraction of sp³-hybridized carbons (Fsp3) is 0.625. The minimum Gasteiger partial charge on any atom is -0.361 e. The summed E-state index contributed by atoms with van der Waals surface area (Å²) in [6, 6.07) is 1.21. The van der Waals surface area contributed by atoms with Gasteiger partial charge in [-0.25, -0.2) is 4.99 Å². The van der Waals surface area contributed by atoms with E-state index in [1.54, 1.807) is 11.3 Å². The van der Waals surface area contributed by atoms with Gasteiger partial charge < -0.3 is 15.1 Å². The number of rotatable bonds is 7. The summed E-state index contributed by atoms with van der Waals surface area (Å²) in [5, 5.41) is 6.13. The van der Waals surface area contributed by atoms with Gasteiger partial charge in [0.1, 0.15) is 0 Å². The van der Waals surface area contributed by atoms with Crippen LogP contribution in [0.4, 0.5) is 5.00 Å². The lowest BCUT2D eigenvalue weighted by molar-refractivity contribution is -0.120. The molecule has 1 atom stereocenters. The highest BCUT2D eigenvalue weighted by atomic mass is 32.1. The molecule has 1 N–H and O–H groups in total. The van der Waals surface area contributed by atoms with Crippen molar-refractivity contribution in [2.75, 3.05) is 32.1 Å². The Balaban J connectivity index is 1.65. The van der Waals surface area contributed by atoms with Crippen LogP contribution in [-0.4, -0.2) is 61.7 Å². The van der Waals surface area contributed by atoms with Crippen LogP contribution in [0, 0.1) is 12.8 Å². The van der Waals surface area contributed by atoms with Gasteiger partial charge in [0.25, 0.3) is 11.8 Å². The van der Waals surface area contributed by atoms with Crippen molar-refractivity contribution >= 4 is 33.9 Å². The van der Waals surface area contributed by atoms with Crippen molar-refractivity contribution in [3.63, 3.8) is 0 Å². The molecule has 1 saturated carbocycles. The highest BCUT2D eigenvalue weighted by molar-refractivity contribution is 7.14. The quantitative estimate of drug-likeness (QED) is 0.689. The summed E-state index contributed by atoms with van der Waals surface area (Å²) < 4.78 is 0. The fourth-order valence-corrected chi connectivity index (χ4v) is 6.03. The van der Waals surface area contributed by atoms with E-state index in [0.717, 1.165) is 23.4 Å². The van der Waals surface area contributed by atoms with Gasteiger partial charge in [-0.15, -0.1) is 11.3 Å². The second kappa shape index (κ2) is 10.1. The molecule has 1 aromatic rings. The molecular formula is C24H36N4O2S. The summed E-state index contributed by atoms with van der Waals surface area (Å²) in [7, 11) is 4.34. The predicted molar refractivity (Wildman–Crippen MR) is 130 cm³/mol. The van der Waals surface area contributed by atoms with Crippen LogP contribution in [-0.2, 0) is 4.79 Å². The summed E-state index contributed by atoms with van der Waals surface area (Å²) in [4.78, 5) is 34.0. The van der Waals surface area contributed by atoms with Crippen LogP contribution in [0.1, 0.15) is 62.4 Å². The van der Waals surface area contributed by atoms with E-state index < -0.39 is 0 Å². The molecule has 3 rings (SSSR count). The zero-order chi connectivity index (χ0) is 22.7. The number of thiophene rings is 1. The molecule has 0 saturated heterocycles. The molecule has 1 aliphatic heterocycles. The Morgan fingerprint density at radius 1 is 1.16 bits per heavy atom. The van der Waals surface area contributed by atoms with Crippen molar-refractivity contribution < 1.29 is 9.59 Å². The molecule has 2 aliphatic rings. The second-order valence-electron chi connectivity index (χ2n) is 9.03. The molecule has 7 heteroatoms. The van der Waals surface area contributed by atoms with Crippen LogP contribution < -0.4 is 10.2 Å². The van der Waals surface area contributed by atoms with Gasteiger partial charge in [0.15, 0.2) is 0 Å². The third kappa shape index (κ3) is 5.26. The van der Waals surface area contributed by atoms with E-state index in [9.17, 15) is 9.59 Å². The van der Waals surface area contributed by atoms with E-state index in [1.165, 1.54) is 30.7 Å². The summed E-state index contributed by atoms with van der Waals surface area (Å²) >= 11 is 1.66. The number of nitrogens with one attached hydrogen (secondary N) is 1. The normalized spacial score (nSPS) is 24.1. The van der Waals surface area contributed by atoms with E-state index in [1.807, 2.05) is 32.2 Å². The summed E-state index contributed by atoms with van der Waals surface area (Å²) in [6.07, 6.45) is 6.72. The van der Waals surface area contributed by atoms with Crippen LogP contribution in [0.3, 0.4) is 0 Å². The lowest BCUT2D eigenvalue weighted by atomic mass is 9.89. The lowest BCUT2D eigenvalue weighted by Gasteiger charge is -2.39.